The van der Waals surface area contributed by atoms with Gasteiger partial charge in [-0.05, 0) is 25.0 Å². The zero-order chi connectivity index (χ0) is 9.52. The molecule has 1 rings (SSSR count). The van der Waals surface area contributed by atoms with E-state index in [9.17, 15) is 0 Å². The maximum Gasteiger partial charge on any atom is 0.116 e. The van der Waals surface area contributed by atoms with Crippen molar-refractivity contribution in [1.29, 1.82) is 0 Å². The lowest BCUT2D eigenvalue weighted by molar-refractivity contribution is 0.165. The number of hydrogen-bond acceptors (Lipinski definition) is 2. The first-order valence-electron chi connectivity index (χ1n) is 4.99. The van der Waals surface area contributed by atoms with Crippen LogP contribution < -0.4 is 5.32 Å². The number of rotatable bonds is 4. The molecular formula is C11H19NO. The number of nitrogens with one attached hydrogen (secondary N) is 1. The van der Waals surface area contributed by atoms with E-state index in [0.29, 0.717) is 12.1 Å². The highest BCUT2D eigenvalue weighted by Gasteiger charge is 2.05. The molecule has 1 N–H and O–H groups in total. The Balaban J connectivity index is 2.12. The minimum absolute atomic E-state index is 0.291. The fourth-order valence-corrected chi connectivity index (χ4v) is 1.22. The summed E-state index contributed by atoms with van der Waals surface area (Å²) in [6, 6.07) is 0.553. The van der Waals surface area contributed by atoms with E-state index in [1.807, 2.05) is 0 Å². The smallest absolute Gasteiger partial charge is 0.116 e. The van der Waals surface area contributed by atoms with Gasteiger partial charge in [-0.1, -0.05) is 19.9 Å². The van der Waals surface area contributed by atoms with Crippen LogP contribution in [-0.4, -0.2) is 18.7 Å². The third kappa shape index (κ3) is 4.73. The second kappa shape index (κ2) is 5.81. The fraction of sp³-hybridized carbons (Fsp3) is 0.636. The van der Waals surface area contributed by atoms with E-state index in [0.717, 1.165) is 19.4 Å². The van der Waals surface area contributed by atoms with Crippen molar-refractivity contribution in [2.45, 2.75) is 38.8 Å². The summed E-state index contributed by atoms with van der Waals surface area (Å²) in [4.78, 5) is 0. The van der Waals surface area contributed by atoms with Crippen molar-refractivity contribution in [2.75, 3.05) is 6.54 Å². The van der Waals surface area contributed by atoms with Crippen molar-refractivity contribution in [3.8, 4) is 0 Å². The molecular weight excluding hydrogens is 162 g/mol. The molecule has 0 bridgehead atoms. The molecule has 13 heavy (non-hydrogen) atoms. The van der Waals surface area contributed by atoms with Crippen molar-refractivity contribution >= 4 is 0 Å². The molecule has 1 unspecified atom stereocenters. The summed E-state index contributed by atoms with van der Waals surface area (Å²) in [6.45, 7) is 5.22. The fourth-order valence-electron chi connectivity index (χ4n) is 1.22. The van der Waals surface area contributed by atoms with Crippen molar-refractivity contribution in [3.63, 3.8) is 0 Å². The lowest BCUT2D eigenvalue weighted by atomic mass is 10.1. The zero-order valence-electron chi connectivity index (χ0n) is 8.49. The molecule has 0 aliphatic carbocycles. The molecule has 0 spiro atoms. The molecule has 0 aromatic carbocycles. The van der Waals surface area contributed by atoms with E-state index in [1.165, 1.54) is 0 Å². The van der Waals surface area contributed by atoms with Crippen LogP contribution in [0, 0.1) is 0 Å². The Morgan fingerprint density at radius 2 is 2.46 bits per heavy atom. The summed E-state index contributed by atoms with van der Waals surface area (Å²) >= 11 is 0. The van der Waals surface area contributed by atoms with Crippen molar-refractivity contribution in [3.05, 3.63) is 24.5 Å². The highest BCUT2D eigenvalue weighted by molar-refractivity contribution is 4.96. The molecule has 0 saturated heterocycles. The van der Waals surface area contributed by atoms with Gasteiger partial charge in [0.25, 0.3) is 0 Å². The molecule has 0 saturated carbocycles. The van der Waals surface area contributed by atoms with Crippen LogP contribution >= 0.6 is 0 Å². The highest BCUT2D eigenvalue weighted by atomic mass is 16.5. The third-order valence-electron chi connectivity index (χ3n) is 1.96. The van der Waals surface area contributed by atoms with Crippen LogP contribution in [0.5, 0.6) is 0 Å². The van der Waals surface area contributed by atoms with Gasteiger partial charge in [-0.3, -0.25) is 0 Å². The Morgan fingerprint density at radius 1 is 1.62 bits per heavy atom. The van der Waals surface area contributed by atoms with Crippen LogP contribution in [0.1, 0.15) is 26.7 Å². The van der Waals surface area contributed by atoms with Gasteiger partial charge in [0.1, 0.15) is 6.10 Å². The zero-order valence-corrected chi connectivity index (χ0v) is 8.49. The first-order valence-corrected chi connectivity index (χ1v) is 4.99. The summed E-state index contributed by atoms with van der Waals surface area (Å²) in [5, 5.41) is 3.32. The summed E-state index contributed by atoms with van der Waals surface area (Å²) in [7, 11) is 0. The van der Waals surface area contributed by atoms with Gasteiger partial charge in [-0.25, -0.2) is 0 Å². The van der Waals surface area contributed by atoms with Crippen molar-refractivity contribution < 1.29 is 4.74 Å². The average molecular weight is 181 g/mol. The lowest BCUT2D eigenvalue weighted by Crippen LogP contribution is -2.22. The molecule has 0 radical (unpaired) electrons. The molecule has 2 nitrogen and oxygen atoms in total. The molecule has 2 heteroatoms. The van der Waals surface area contributed by atoms with Crippen molar-refractivity contribution in [1.82, 2.24) is 5.32 Å². The molecule has 0 amide bonds. The summed E-state index contributed by atoms with van der Waals surface area (Å²) in [6.07, 6.45) is 10.7. The molecule has 1 heterocycles. The lowest BCUT2D eigenvalue weighted by Gasteiger charge is -2.15. The summed E-state index contributed by atoms with van der Waals surface area (Å²) in [5.41, 5.74) is 0. The van der Waals surface area contributed by atoms with E-state index >= 15 is 0 Å². The third-order valence-corrected chi connectivity index (χ3v) is 1.96. The minimum Gasteiger partial charge on any atom is -0.494 e. The molecule has 74 valence electrons. The predicted octanol–water partition coefficient (Wildman–Crippen LogP) is 2.23. The van der Waals surface area contributed by atoms with Gasteiger partial charge in [0, 0.05) is 12.6 Å². The van der Waals surface area contributed by atoms with Crippen LogP contribution in [0.4, 0.5) is 0 Å². The molecule has 0 aromatic rings. The number of ether oxygens (including phenoxy) is 1. The topological polar surface area (TPSA) is 21.3 Å². The van der Waals surface area contributed by atoms with Gasteiger partial charge in [0.05, 0.1) is 6.26 Å². The normalized spacial score (nSPS) is 22.5. The number of hydrogen-bond donors (Lipinski definition) is 1. The van der Waals surface area contributed by atoms with Gasteiger partial charge in [-0.15, -0.1) is 0 Å². The van der Waals surface area contributed by atoms with Crippen LogP contribution in [0.15, 0.2) is 24.5 Å². The highest BCUT2D eigenvalue weighted by Crippen LogP contribution is 2.10. The van der Waals surface area contributed by atoms with Gasteiger partial charge < -0.3 is 10.1 Å². The number of allylic oxidation sites excluding steroid dienone is 1. The maximum absolute atomic E-state index is 5.39. The first kappa shape index (κ1) is 10.3. The average Bonchev–Trinajstić information content (AvgIpc) is 2.14. The molecule has 1 atom stereocenters. The monoisotopic (exact) mass is 181 g/mol. The van der Waals surface area contributed by atoms with Gasteiger partial charge >= 0.3 is 0 Å². The molecule has 0 aromatic heterocycles. The van der Waals surface area contributed by atoms with Gasteiger partial charge in [0.2, 0.25) is 0 Å². The largest absolute Gasteiger partial charge is 0.494 e. The SMILES string of the molecule is CC(C)NCC=CC1CCC=CO1. The van der Waals surface area contributed by atoms with Gasteiger partial charge in [-0.2, -0.15) is 0 Å². The standard InChI is InChI=1S/C11H19NO/c1-10(2)12-8-5-7-11-6-3-4-9-13-11/h4-5,7,9-12H,3,6,8H2,1-2H3. The van der Waals surface area contributed by atoms with E-state index < -0.39 is 0 Å². The second-order valence-corrected chi connectivity index (χ2v) is 3.61. The minimum atomic E-state index is 0.291. The molecule has 1 aliphatic heterocycles. The first-order chi connectivity index (χ1) is 6.29. The Kier molecular flexibility index (Phi) is 4.61. The van der Waals surface area contributed by atoms with E-state index in [2.05, 4.69) is 37.4 Å². The maximum atomic E-state index is 5.39. The second-order valence-electron chi connectivity index (χ2n) is 3.61. The Bertz CT molecular complexity index is 185. The van der Waals surface area contributed by atoms with Gasteiger partial charge in [0.15, 0.2) is 0 Å². The van der Waals surface area contributed by atoms with E-state index in [4.69, 9.17) is 4.74 Å². The van der Waals surface area contributed by atoms with E-state index in [-0.39, 0.29) is 0 Å². The van der Waals surface area contributed by atoms with Crippen LogP contribution in [0.2, 0.25) is 0 Å². The van der Waals surface area contributed by atoms with Crippen molar-refractivity contribution in [2.24, 2.45) is 0 Å². The van der Waals surface area contributed by atoms with Crippen LogP contribution in [0.25, 0.3) is 0 Å². The van der Waals surface area contributed by atoms with Crippen LogP contribution in [0.3, 0.4) is 0 Å². The summed E-state index contributed by atoms with van der Waals surface area (Å²) in [5.74, 6) is 0. The van der Waals surface area contributed by atoms with E-state index in [1.54, 1.807) is 6.26 Å². The molecule has 0 fully saturated rings. The Hall–Kier alpha value is -0.760. The molecule has 1 aliphatic rings. The Labute approximate surface area is 80.7 Å². The summed E-state index contributed by atoms with van der Waals surface area (Å²) < 4.78 is 5.39. The quantitative estimate of drug-likeness (QED) is 0.671. The predicted molar refractivity (Wildman–Crippen MR) is 55.5 cm³/mol. The Morgan fingerprint density at radius 3 is 3.08 bits per heavy atom. The van der Waals surface area contributed by atoms with Crippen LogP contribution in [-0.2, 0) is 4.74 Å².